The zero-order chi connectivity index (χ0) is 18.9. The van der Waals surface area contributed by atoms with E-state index >= 15 is 0 Å². The smallest absolute Gasteiger partial charge is 0.240 e. The molecule has 0 atom stereocenters. The van der Waals surface area contributed by atoms with Crippen LogP contribution in [-0.2, 0) is 26.0 Å². The fourth-order valence-electron chi connectivity index (χ4n) is 2.78. The van der Waals surface area contributed by atoms with E-state index in [-0.39, 0.29) is 16.8 Å². The molecule has 142 valence electrons. The van der Waals surface area contributed by atoms with Crippen LogP contribution in [0.5, 0.6) is 0 Å². The summed E-state index contributed by atoms with van der Waals surface area (Å²) < 4.78 is 30.9. The van der Waals surface area contributed by atoms with Gasteiger partial charge < -0.3 is 9.64 Å². The average molecular weight is 371 g/mol. The summed E-state index contributed by atoms with van der Waals surface area (Å²) in [5.74, 6) is 0.109. The molecule has 1 rings (SSSR count). The van der Waals surface area contributed by atoms with Gasteiger partial charge in [-0.3, -0.25) is 4.79 Å². The Morgan fingerprint density at radius 1 is 1.20 bits per heavy atom. The fraction of sp³-hybridized carbons (Fsp3) is 0.611. The first-order valence-corrected chi connectivity index (χ1v) is 10.2. The summed E-state index contributed by atoms with van der Waals surface area (Å²) in [5.41, 5.74) is 0.944. The summed E-state index contributed by atoms with van der Waals surface area (Å²) in [6.07, 6.45) is 2.83. The van der Waals surface area contributed by atoms with E-state index in [9.17, 15) is 13.2 Å². The van der Waals surface area contributed by atoms with Crippen LogP contribution in [0.2, 0.25) is 0 Å². The topological polar surface area (TPSA) is 75.7 Å². The number of benzene rings is 1. The molecule has 0 aliphatic carbocycles. The molecule has 0 bridgehead atoms. The van der Waals surface area contributed by atoms with Crippen LogP contribution in [0.3, 0.4) is 0 Å². The number of rotatable bonds is 11. The lowest BCUT2D eigenvalue weighted by atomic mass is 10.1. The SMILES string of the molecule is CCC(CC)N(CCOC)C(=O)CCc1ccc(S(=O)(=O)NC)cc1. The van der Waals surface area contributed by atoms with Crippen molar-refractivity contribution >= 4 is 15.9 Å². The largest absolute Gasteiger partial charge is 0.383 e. The molecule has 7 heteroatoms. The van der Waals surface area contributed by atoms with Gasteiger partial charge in [-0.15, -0.1) is 0 Å². The highest BCUT2D eigenvalue weighted by molar-refractivity contribution is 7.89. The second-order valence-electron chi connectivity index (χ2n) is 5.90. The number of methoxy groups -OCH3 is 1. The van der Waals surface area contributed by atoms with Gasteiger partial charge in [0.2, 0.25) is 15.9 Å². The highest BCUT2D eigenvalue weighted by Gasteiger charge is 2.20. The minimum Gasteiger partial charge on any atom is -0.383 e. The number of nitrogens with one attached hydrogen (secondary N) is 1. The van der Waals surface area contributed by atoms with Gasteiger partial charge in [-0.25, -0.2) is 13.1 Å². The zero-order valence-corrected chi connectivity index (χ0v) is 16.4. The maximum Gasteiger partial charge on any atom is 0.240 e. The van der Waals surface area contributed by atoms with Gasteiger partial charge in [-0.1, -0.05) is 26.0 Å². The van der Waals surface area contributed by atoms with Crippen LogP contribution in [-0.4, -0.2) is 52.6 Å². The summed E-state index contributed by atoms with van der Waals surface area (Å²) in [6.45, 7) is 5.30. The molecule has 1 aromatic rings. The number of carbonyl (C=O) groups excluding carboxylic acids is 1. The number of carbonyl (C=O) groups is 1. The molecule has 0 saturated heterocycles. The molecule has 0 heterocycles. The first kappa shape index (κ1) is 21.6. The third-order valence-corrected chi connectivity index (χ3v) is 5.80. The van der Waals surface area contributed by atoms with E-state index in [0.717, 1.165) is 18.4 Å². The molecule has 25 heavy (non-hydrogen) atoms. The molecule has 0 saturated carbocycles. The van der Waals surface area contributed by atoms with Gasteiger partial charge >= 0.3 is 0 Å². The lowest BCUT2D eigenvalue weighted by molar-refractivity contribution is -0.134. The van der Waals surface area contributed by atoms with E-state index in [1.807, 2.05) is 4.90 Å². The van der Waals surface area contributed by atoms with Gasteiger partial charge in [0.25, 0.3) is 0 Å². The van der Waals surface area contributed by atoms with Crippen molar-refractivity contribution in [2.75, 3.05) is 27.3 Å². The Morgan fingerprint density at radius 3 is 2.28 bits per heavy atom. The maximum atomic E-state index is 12.6. The second kappa shape index (κ2) is 10.5. The summed E-state index contributed by atoms with van der Waals surface area (Å²) in [7, 11) is -0.408. The van der Waals surface area contributed by atoms with Crippen LogP contribution in [0.15, 0.2) is 29.2 Å². The lowest BCUT2D eigenvalue weighted by Crippen LogP contribution is -2.41. The number of hydrogen-bond donors (Lipinski definition) is 1. The van der Waals surface area contributed by atoms with Gasteiger partial charge in [-0.2, -0.15) is 0 Å². The standard InChI is InChI=1S/C18H30N2O4S/c1-5-16(6-2)20(13-14-24-4)18(21)12-9-15-7-10-17(11-8-15)25(22,23)19-3/h7-8,10-11,16,19H,5-6,9,12-14H2,1-4H3. The van der Waals surface area contributed by atoms with E-state index in [1.54, 1.807) is 31.4 Å². The first-order valence-electron chi connectivity index (χ1n) is 8.70. The van der Waals surface area contributed by atoms with E-state index < -0.39 is 10.0 Å². The van der Waals surface area contributed by atoms with Crippen molar-refractivity contribution in [2.24, 2.45) is 0 Å². The third kappa shape index (κ3) is 6.41. The number of nitrogens with zero attached hydrogens (tertiary/aromatic N) is 1. The van der Waals surface area contributed by atoms with Crippen LogP contribution in [0, 0.1) is 0 Å². The monoisotopic (exact) mass is 370 g/mol. The molecule has 0 aliphatic heterocycles. The predicted molar refractivity (Wildman–Crippen MR) is 99.0 cm³/mol. The van der Waals surface area contributed by atoms with Gasteiger partial charge in [0.1, 0.15) is 0 Å². The Morgan fingerprint density at radius 2 is 1.80 bits per heavy atom. The Bertz CT molecular complexity index is 625. The third-order valence-electron chi connectivity index (χ3n) is 4.37. The summed E-state index contributed by atoms with van der Waals surface area (Å²) >= 11 is 0. The average Bonchev–Trinajstić information content (AvgIpc) is 2.63. The Hall–Kier alpha value is -1.44. The van der Waals surface area contributed by atoms with Gasteiger partial charge in [0.15, 0.2) is 0 Å². The number of aryl methyl sites for hydroxylation is 1. The molecule has 1 N–H and O–H groups in total. The number of amides is 1. The molecule has 1 amide bonds. The Kier molecular flexibility index (Phi) is 9.10. The Balaban J connectivity index is 2.72. The van der Waals surface area contributed by atoms with Crippen LogP contribution in [0.25, 0.3) is 0 Å². The molecule has 0 radical (unpaired) electrons. The zero-order valence-electron chi connectivity index (χ0n) is 15.6. The highest BCUT2D eigenvalue weighted by atomic mass is 32.2. The van der Waals surface area contributed by atoms with Gasteiger partial charge in [-0.05, 0) is 44.0 Å². The van der Waals surface area contributed by atoms with Crippen LogP contribution < -0.4 is 4.72 Å². The normalized spacial score (nSPS) is 11.7. The van der Waals surface area contributed by atoms with Crippen molar-refractivity contribution in [3.05, 3.63) is 29.8 Å². The molecule has 1 aromatic carbocycles. The Labute approximate surface area is 151 Å². The van der Waals surface area contributed by atoms with Gasteiger partial charge in [0, 0.05) is 26.1 Å². The summed E-state index contributed by atoms with van der Waals surface area (Å²) in [6, 6.07) is 6.87. The minimum absolute atomic E-state index is 0.109. The first-order chi connectivity index (χ1) is 11.9. The van der Waals surface area contributed by atoms with Crippen molar-refractivity contribution in [1.29, 1.82) is 0 Å². The van der Waals surface area contributed by atoms with E-state index in [4.69, 9.17) is 4.74 Å². The predicted octanol–water partition coefficient (Wildman–Crippen LogP) is 2.19. The lowest BCUT2D eigenvalue weighted by Gasteiger charge is -2.30. The molecular weight excluding hydrogens is 340 g/mol. The number of ether oxygens (including phenoxy) is 1. The van der Waals surface area contributed by atoms with E-state index in [2.05, 4.69) is 18.6 Å². The van der Waals surface area contributed by atoms with Crippen LogP contribution in [0.1, 0.15) is 38.7 Å². The van der Waals surface area contributed by atoms with E-state index in [0.29, 0.717) is 26.0 Å². The van der Waals surface area contributed by atoms with E-state index in [1.165, 1.54) is 7.05 Å². The second-order valence-corrected chi connectivity index (χ2v) is 7.79. The quantitative estimate of drug-likeness (QED) is 0.648. The number of sulfonamides is 1. The molecule has 6 nitrogen and oxygen atoms in total. The number of hydrogen-bond acceptors (Lipinski definition) is 4. The molecule has 0 spiro atoms. The highest BCUT2D eigenvalue weighted by Crippen LogP contribution is 2.14. The molecule has 0 aliphatic rings. The summed E-state index contributed by atoms with van der Waals surface area (Å²) in [5, 5.41) is 0. The fourth-order valence-corrected chi connectivity index (χ4v) is 3.51. The van der Waals surface area contributed by atoms with Crippen molar-refractivity contribution in [3.8, 4) is 0 Å². The molecule has 0 aromatic heterocycles. The molecule has 0 fully saturated rings. The minimum atomic E-state index is -3.43. The van der Waals surface area contributed by atoms with Crippen LogP contribution in [0.4, 0.5) is 0 Å². The van der Waals surface area contributed by atoms with Crippen LogP contribution >= 0.6 is 0 Å². The maximum absolute atomic E-state index is 12.6. The van der Waals surface area contributed by atoms with Crippen molar-refractivity contribution in [3.63, 3.8) is 0 Å². The van der Waals surface area contributed by atoms with Crippen molar-refractivity contribution in [2.45, 2.75) is 50.5 Å². The van der Waals surface area contributed by atoms with Gasteiger partial charge in [0.05, 0.1) is 11.5 Å². The van der Waals surface area contributed by atoms with Crippen molar-refractivity contribution < 1.29 is 17.9 Å². The van der Waals surface area contributed by atoms with Crippen molar-refractivity contribution in [1.82, 2.24) is 9.62 Å². The summed E-state index contributed by atoms with van der Waals surface area (Å²) in [4.78, 5) is 14.8. The molecular formula is C18H30N2O4S. The molecule has 0 unspecified atom stereocenters.